The van der Waals surface area contributed by atoms with Gasteiger partial charge in [-0.15, -0.1) is 11.3 Å². The zero-order valence-electron chi connectivity index (χ0n) is 13.1. The van der Waals surface area contributed by atoms with Gasteiger partial charge in [0, 0.05) is 15.5 Å². The number of nitrogens with two attached hydrogens (primary N) is 1. The van der Waals surface area contributed by atoms with Crippen LogP contribution in [0.25, 0.3) is 10.1 Å². The Kier molecular flexibility index (Phi) is 5.06. The maximum absolute atomic E-state index is 12.2. The van der Waals surface area contributed by atoms with Gasteiger partial charge in [-0.25, -0.2) is 5.43 Å². The van der Waals surface area contributed by atoms with E-state index in [9.17, 15) is 9.59 Å². The summed E-state index contributed by atoms with van der Waals surface area (Å²) < 4.78 is 6.23. The summed E-state index contributed by atoms with van der Waals surface area (Å²) in [7, 11) is 0. The van der Waals surface area contributed by atoms with E-state index in [-0.39, 0.29) is 12.5 Å². The third-order valence-electron chi connectivity index (χ3n) is 3.37. The Labute approximate surface area is 147 Å². The summed E-state index contributed by atoms with van der Waals surface area (Å²) in [6.45, 7) is -0.169. The quantitative estimate of drug-likeness (QED) is 0.527. The highest BCUT2D eigenvalue weighted by molar-refractivity contribution is 7.17. The van der Waals surface area contributed by atoms with E-state index in [1.54, 1.807) is 24.3 Å². The predicted molar refractivity (Wildman–Crippen MR) is 98.0 cm³/mol. The number of nitrogens with one attached hydrogen (secondary N) is 1. The molecule has 6 nitrogen and oxygen atoms in total. The highest BCUT2D eigenvalue weighted by Crippen LogP contribution is 2.25. The molecule has 126 valence electrons. The van der Waals surface area contributed by atoms with Crippen molar-refractivity contribution in [1.29, 1.82) is 0 Å². The number of amides is 2. The smallest absolute Gasteiger partial charge is 0.272 e. The van der Waals surface area contributed by atoms with Crippen molar-refractivity contribution in [2.45, 2.75) is 0 Å². The molecule has 3 aromatic rings. The molecule has 2 amide bonds. The van der Waals surface area contributed by atoms with Crippen molar-refractivity contribution in [3.63, 3.8) is 0 Å². The summed E-state index contributed by atoms with van der Waals surface area (Å²) in [5.74, 6) is -0.255. The van der Waals surface area contributed by atoms with Gasteiger partial charge in [-0.3, -0.25) is 9.59 Å². The topological polar surface area (TPSA) is 93.8 Å². The minimum absolute atomic E-state index is 0.169. The molecular weight excluding hydrogens is 338 g/mol. The summed E-state index contributed by atoms with van der Waals surface area (Å²) in [6, 6.07) is 14.6. The van der Waals surface area contributed by atoms with Crippen LogP contribution in [0.2, 0.25) is 0 Å². The number of hydrogen-bond acceptors (Lipinski definition) is 5. The van der Waals surface area contributed by atoms with Gasteiger partial charge in [0.25, 0.3) is 11.8 Å². The van der Waals surface area contributed by atoms with Gasteiger partial charge in [-0.2, -0.15) is 5.10 Å². The molecule has 1 heterocycles. The van der Waals surface area contributed by atoms with Gasteiger partial charge in [-0.1, -0.05) is 18.2 Å². The van der Waals surface area contributed by atoms with E-state index >= 15 is 0 Å². The number of ether oxygens (including phenoxy) is 1. The second-order valence-corrected chi connectivity index (χ2v) is 6.08. The van der Waals surface area contributed by atoms with Crippen LogP contribution in [0.15, 0.2) is 59.0 Å². The molecule has 0 bridgehead atoms. The van der Waals surface area contributed by atoms with Crippen LogP contribution in [-0.4, -0.2) is 24.6 Å². The Bertz CT molecular complexity index is 932. The predicted octanol–water partition coefficient (Wildman–Crippen LogP) is 2.53. The zero-order valence-corrected chi connectivity index (χ0v) is 14.0. The second kappa shape index (κ2) is 7.59. The fourth-order valence-corrected chi connectivity index (χ4v) is 3.12. The van der Waals surface area contributed by atoms with Crippen LogP contribution in [-0.2, 0) is 4.79 Å². The molecule has 0 saturated carbocycles. The summed E-state index contributed by atoms with van der Waals surface area (Å²) in [4.78, 5) is 22.9. The van der Waals surface area contributed by atoms with Gasteiger partial charge in [0.1, 0.15) is 5.75 Å². The van der Waals surface area contributed by atoms with Gasteiger partial charge < -0.3 is 10.5 Å². The van der Waals surface area contributed by atoms with Gasteiger partial charge in [0.15, 0.2) is 6.61 Å². The number of hydrogen-bond donors (Lipinski definition) is 2. The van der Waals surface area contributed by atoms with Crippen LogP contribution in [0.4, 0.5) is 0 Å². The molecule has 2 aromatic carbocycles. The molecule has 0 atom stereocenters. The molecule has 7 heteroatoms. The molecule has 3 N–H and O–H groups in total. The molecule has 25 heavy (non-hydrogen) atoms. The first kappa shape index (κ1) is 16.7. The fraction of sp³-hybridized carbons (Fsp3) is 0.0556. The second-order valence-electron chi connectivity index (χ2n) is 5.17. The van der Waals surface area contributed by atoms with Gasteiger partial charge in [-0.05, 0) is 35.9 Å². The number of nitrogens with zero attached hydrogens (tertiary/aromatic N) is 1. The van der Waals surface area contributed by atoms with Crippen LogP contribution in [0.5, 0.6) is 5.75 Å². The molecule has 0 aliphatic heterocycles. The van der Waals surface area contributed by atoms with E-state index in [4.69, 9.17) is 10.5 Å². The van der Waals surface area contributed by atoms with Gasteiger partial charge in [0.05, 0.1) is 11.8 Å². The molecule has 0 saturated heterocycles. The Morgan fingerprint density at radius 1 is 1.16 bits per heavy atom. The first-order valence-electron chi connectivity index (χ1n) is 7.44. The molecule has 0 spiro atoms. The summed E-state index contributed by atoms with van der Waals surface area (Å²) in [6.07, 6.45) is 1.53. The van der Waals surface area contributed by atoms with Crippen molar-refractivity contribution in [2.24, 2.45) is 10.8 Å². The molecular formula is C18H15N3O3S. The molecule has 1 aromatic heterocycles. The number of carbonyl (C=O) groups excluding carboxylic acids is 2. The van der Waals surface area contributed by atoms with E-state index in [0.29, 0.717) is 11.3 Å². The van der Waals surface area contributed by atoms with E-state index in [1.165, 1.54) is 17.6 Å². The van der Waals surface area contributed by atoms with E-state index < -0.39 is 5.91 Å². The van der Waals surface area contributed by atoms with Crippen molar-refractivity contribution in [3.8, 4) is 5.75 Å². The lowest BCUT2D eigenvalue weighted by Crippen LogP contribution is -2.20. The summed E-state index contributed by atoms with van der Waals surface area (Å²) >= 11 is 1.52. The Balaban J connectivity index is 1.61. The van der Waals surface area contributed by atoms with Crippen LogP contribution >= 0.6 is 11.3 Å². The number of fused-ring (bicyclic) bond motifs is 1. The number of hydrazone groups is 1. The standard InChI is InChI=1S/C18H15N3O3S/c19-17(22)10-24-13-7-5-12(6-8-13)9-20-21-18(23)15-11-25-16-4-2-1-3-14(15)16/h1-9,11H,10H2,(H2,19,22)(H,21,23)/b20-9+. The van der Waals surface area contributed by atoms with E-state index in [0.717, 1.165) is 15.6 Å². The third-order valence-corrected chi connectivity index (χ3v) is 4.33. The lowest BCUT2D eigenvalue weighted by molar-refractivity contribution is -0.119. The average Bonchev–Trinajstić information content (AvgIpc) is 3.05. The van der Waals surface area contributed by atoms with Crippen molar-refractivity contribution < 1.29 is 14.3 Å². The fourth-order valence-electron chi connectivity index (χ4n) is 2.18. The van der Waals surface area contributed by atoms with Crippen LogP contribution < -0.4 is 15.9 Å². The maximum Gasteiger partial charge on any atom is 0.272 e. The van der Waals surface area contributed by atoms with Gasteiger partial charge in [0.2, 0.25) is 0 Å². The van der Waals surface area contributed by atoms with Crippen LogP contribution in [0.1, 0.15) is 15.9 Å². The Morgan fingerprint density at radius 3 is 2.68 bits per heavy atom. The van der Waals surface area contributed by atoms with E-state index in [2.05, 4.69) is 10.5 Å². The number of benzene rings is 2. The molecule has 0 aliphatic carbocycles. The minimum atomic E-state index is -0.533. The third kappa shape index (κ3) is 4.21. The number of thiophene rings is 1. The van der Waals surface area contributed by atoms with Crippen molar-refractivity contribution >= 4 is 39.5 Å². The molecule has 0 aliphatic rings. The minimum Gasteiger partial charge on any atom is -0.484 e. The lowest BCUT2D eigenvalue weighted by Gasteiger charge is -2.03. The lowest BCUT2D eigenvalue weighted by atomic mass is 10.2. The average molecular weight is 353 g/mol. The molecule has 0 fully saturated rings. The first-order valence-corrected chi connectivity index (χ1v) is 8.32. The monoisotopic (exact) mass is 353 g/mol. The van der Waals surface area contributed by atoms with Gasteiger partial charge >= 0.3 is 0 Å². The van der Waals surface area contributed by atoms with Crippen LogP contribution in [0.3, 0.4) is 0 Å². The van der Waals surface area contributed by atoms with Crippen LogP contribution in [0, 0.1) is 0 Å². The van der Waals surface area contributed by atoms with Crippen molar-refractivity contribution in [1.82, 2.24) is 5.43 Å². The summed E-state index contributed by atoms with van der Waals surface area (Å²) in [5.41, 5.74) is 8.92. The number of carbonyl (C=O) groups is 2. The Hall–Kier alpha value is -3.19. The molecule has 3 rings (SSSR count). The summed E-state index contributed by atoms with van der Waals surface area (Å²) in [5, 5.41) is 6.71. The first-order chi connectivity index (χ1) is 12.1. The normalized spacial score (nSPS) is 10.9. The molecule has 0 radical (unpaired) electrons. The highest BCUT2D eigenvalue weighted by Gasteiger charge is 2.10. The molecule has 0 unspecified atom stereocenters. The number of primary amides is 1. The number of rotatable bonds is 6. The maximum atomic E-state index is 12.2. The van der Waals surface area contributed by atoms with E-state index in [1.807, 2.05) is 29.6 Å². The zero-order chi connectivity index (χ0) is 17.6. The highest BCUT2D eigenvalue weighted by atomic mass is 32.1. The van der Waals surface area contributed by atoms with Crippen molar-refractivity contribution in [2.75, 3.05) is 6.61 Å². The SMILES string of the molecule is NC(=O)COc1ccc(/C=N/NC(=O)c2csc3ccccc23)cc1. The van der Waals surface area contributed by atoms with Crippen molar-refractivity contribution in [3.05, 3.63) is 65.0 Å². The Morgan fingerprint density at radius 2 is 1.92 bits per heavy atom. The largest absolute Gasteiger partial charge is 0.484 e.